The maximum atomic E-state index is 12.3. The van der Waals surface area contributed by atoms with Crippen molar-refractivity contribution in [2.45, 2.75) is 58.0 Å². The Balaban J connectivity index is 2.04. The molecule has 116 valence electrons. The van der Waals surface area contributed by atoms with Crippen LogP contribution in [0.3, 0.4) is 0 Å². The van der Waals surface area contributed by atoms with Gasteiger partial charge in [-0.1, -0.05) is 49.6 Å². The average molecular weight is 297 g/mol. The molecule has 0 bridgehead atoms. The fourth-order valence-electron chi connectivity index (χ4n) is 3.72. The molecule has 0 N–H and O–H groups in total. The minimum absolute atomic E-state index is 0.230. The second-order valence-corrected chi connectivity index (χ2v) is 6.54. The van der Waals surface area contributed by atoms with Crippen molar-refractivity contribution in [2.75, 3.05) is 4.90 Å². The Labute approximate surface area is 131 Å². The third-order valence-electron chi connectivity index (χ3n) is 4.73. The maximum absolute atomic E-state index is 12.3. The first-order valence-electron chi connectivity index (χ1n) is 8.28. The molecule has 0 amide bonds. The van der Waals surface area contributed by atoms with Crippen molar-refractivity contribution in [2.24, 2.45) is 0 Å². The zero-order valence-corrected chi connectivity index (χ0v) is 13.3. The van der Waals surface area contributed by atoms with Gasteiger partial charge in [-0.2, -0.15) is 0 Å². The van der Waals surface area contributed by atoms with Crippen LogP contribution >= 0.6 is 0 Å². The van der Waals surface area contributed by atoms with Crippen LogP contribution in [0.2, 0.25) is 0 Å². The molecule has 0 aromatic heterocycles. The molecule has 0 spiro atoms. The lowest BCUT2D eigenvalue weighted by molar-refractivity contribution is 0.397. The summed E-state index contributed by atoms with van der Waals surface area (Å²) in [6.45, 7) is 4.22. The van der Waals surface area contributed by atoms with E-state index < -0.39 is 0 Å². The Kier molecular flexibility index (Phi) is 4.14. The number of anilines is 1. The molecule has 3 nitrogen and oxygen atoms in total. The van der Waals surface area contributed by atoms with Crippen molar-refractivity contribution >= 4 is 5.69 Å². The fraction of sp³-hybridized carbons (Fsp3) is 0.474. The summed E-state index contributed by atoms with van der Waals surface area (Å²) in [5.41, 5.74) is 1.49. The summed E-state index contributed by atoms with van der Waals surface area (Å²) in [4.78, 5) is 26.6. The van der Waals surface area contributed by atoms with Crippen LogP contribution in [0, 0.1) is 0 Å². The van der Waals surface area contributed by atoms with Crippen LogP contribution in [0.4, 0.5) is 5.69 Å². The van der Waals surface area contributed by atoms with Gasteiger partial charge >= 0.3 is 0 Å². The molecule has 3 rings (SSSR count). The van der Waals surface area contributed by atoms with Crippen LogP contribution in [0.5, 0.6) is 0 Å². The Hall–Kier alpha value is -1.90. The second kappa shape index (κ2) is 6.07. The minimum atomic E-state index is -0.331. The van der Waals surface area contributed by atoms with E-state index in [-0.39, 0.29) is 16.9 Å². The molecule has 1 aliphatic rings. The predicted octanol–water partition coefficient (Wildman–Crippen LogP) is 3.50. The Bertz CT molecular complexity index is 705. The van der Waals surface area contributed by atoms with Gasteiger partial charge in [0.2, 0.25) is 10.9 Å². The molecule has 3 heteroatoms. The zero-order chi connectivity index (χ0) is 15.7. The Morgan fingerprint density at radius 1 is 0.955 bits per heavy atom. The molecule has 22 heavy (non-hydrogen) atoms. The molecule has 1 aliphatic carbocycles. The summed E-state index contributed by atoms with van der Waals surface area (Å²) in [5, 5.41) is 0. The first-order valence-corrected chi connectivity index (χ1v) is 8.28. The molecule has 2 aromatic rings. The third-order valence-corrected chi connectivity index (χ3v) is 4.73. The van der Waals surface area contributed by atoms with E-state index in [0.29, 0.717) is 17.3 Å². The minimum Gasteiger partial charge on any atom is -0.362 e. The van der Waals surface area contributed by atoms with Gasteiger partial charge in [0.15, 0.2) is 0 Å². The SMILES string of the molecule is CC(C)N(c1c(-c2ccccc2)c(=O)c1=O)C1CCCCC1. The van der Waals surface area contributed by atoms with Gasteiger partial charge in [-0.05, 0) is 32.3 Å². The lowest BCUT2D eigenvalue weighted by Crippen LogP contribution is -2.50. The normalized spacial score (nSPS) is 16.3. The second-order valence-electron chi connectivity index (χ2n) is 6.54. The number of rotatable bonds is 4. The molecule has 0 aliphatic heterocycles. The monoisotopic (exact) mass is 297 g/mol. The van der Waals surface area contributed by atoms with Gasteiger partial charge in [-0.15, -0.1) is 0 Å². The van der Waals surface area contributed by atoms with Crippen LogP contribution in [0.1, 0.15) is 46.0 Å². The summed E-state index contributed by atoms with van der Waals surface area (Å²) >= 11 is 0. The highest BCUT2D eigenvalue weighted by Gasteiger charge is 2.32. The van der Waals surface area contributed by atoms with E-state index in [4.69, 9.17) is 0 Å². The zero-order valence-electron chi connectivity index (χ0n) is 13.3. The lowest BCUT2D eigenvalue weighted by Gasteiger charge is -2.40. The van der Waals surface area contributed by atoms with Crippen LogP contribution in [-0.4, -0.2) is 12.1 Å². The van der Waals surface area contributed by atoms with Crippen molar-refractivity contribution < 1.29 is 0 Å². The van der Waals surface area contributed by atoms with Gasteiger partial charge in [-0.25, -0.2) is 0 Å². The quantitative estimate of drug-likeness (QED) is 0.811. The highest BCUT2D eigenvalue weighted by molar-refractivity contribution is 5.83. The van der Waals surface area contributed by atoms with Gasteiger partial charge in [0.1, 0.15) is 5.69 Å². The van der Waals surface area contributed by atoms with Crippen LogP contribution < -0.4 is 15.8 Å². The largest absolute Gasteiger partial charge is 0.362 e. The van der Waals surface area contributed by atoms with Gasteiger partial charge in [0, 0.05) is 12.1 Å². The maximum Gasteiger partial charge on any atom is 0.250 e. The van der Waals surface area contributed by atoms with Crippen molar-refractivity contribution in [3.8, 4) is 11.1 Å². The van der Waals surface area contributed by atoms with E-state index in [1.54, 1.807) is 0 Å². The lowest BCUT2D eigenvalue weighted by atomic mass is 9.90. The standard InChI is InChI=1S/C19H23NO2/c1-13(2)20(15-11-7-4-8-12-15)17-16(18(21)19(17)22)14-9-5-3-6-10-14/h3,5-6,9-10,13,15H,4,7-8,11-12H2,1-2H3. The van der Waals surface area contributed by atoms with Crippen LogP contribution in [0.25, 0.3) is 11.1 Å². The summed E-state index contributed by atoms with van der Waals surface area (Å²) in [7, 11) is 0. The summed E-state index contributed by atoms with van der Waals surface area (Å²) in [5.74, 6) is 0. The number of benzene rings is 1. The van der Waals surface area contributed by atoms with E-state index in [9.17, 15) is 9.59 Å². The Morgan fingerprint density at radius 2 is 1.59 bits per heavy atom. The van der Waals surface area contributed by atoms with Gasteiger partial charge in [0.05, 0.1) is 5.56 Å². The topological polar surface area (TPSA) is 37.4 Å². The van der Waals surface area contributed by atoms with Crippen molar-refractivity contribution in [3.05, 3.63) is 50.8 Å². The van der Waals surface area contributed by atoms with Crippen molar-refractivity contribution in [1.82, 2.24) is 0 Å². The predicted molar refractivity (Wildman–Crippen MR) is 91.3 cm³/mol. The molecule has 0 heterocycles. The van der Waals surface area contributed by atoms with Gasteiger partial charge in [-0.3, -0.25) is 9.59 Å². The molecule has 0 saturated heterocycles. The van der Waals surface area contributed by atoms with E-state index in [1.165, 1.54) is 19.3 Å². The van der Waals surface area contributed by atoms with Gasteiger partial charge < -0.3 is 4.90 Å². The number of hydrogen-bond donors (Lipinski definition) is 0. The average Bonchev–Trinajstić information content (AvgIpc) is 2.55. The van der Waals surface area contributed by atoms with Gasteiger partial charge in [0.25, 0.3) is 0 Å². The fourth-order valence-corrected chi connectivity index (χ4v) is 3.72. The van der Waals surface area contributed by atoms with Crippen LogP contribution in [-0.2, 0) is 0 Å². The first kappa shape index (κ1) is 15.0. The third kappa shape index (κ3) is 2.49. The molecule has 0 atom stereocenters. The summed E-state index contributed by atoms with van der Waals surface area (Å²) < 4.78 is 0. The number of hydrogen-bond acceptors (Lipinski definition) is 3. The van der Waals surface area contributed by atoms with E-state index in [1.807, 2.05) is 30.3 Å². The van der Waals surface area contributed by atoms with Crippen molar-refractivity contribution in [3.63, 3.8) is 0 Å². The summed E-state index contributed by atoms with van der Waals surface area (Å²) in [6.07, 6.45) is 5.93. The number of nitrogens with zero attached hydrogens (tertiary/aromatic N) is 1. The summed E-state index contributed by atoms with van der Waals surface area (Å²) in [6, 6.07) is 10.2. The van der Waals surface area contributed by atoms with E-state index >= 15 is 0 Å². The molecule has 0 radical (unpaired) electrons. The highest BCUT2D eigenvalue weighted by Crippen LogP contribution is 2.33. The molecular formula is C19H23NO2. The van der Waals surface area contributed by atoms with E-state index in [0.717, 1.165) is 18.4 Å². The molecule has 1 saturated carbocycles. The Morgan fingerprint density at radius 3 is 2.18 bits per heavy atom. The van der Waals surface area contributed by atoms with Crippen LogP contribution in [0.15, 0.2) is 39.9 Å². The molecular weight excluding hydrogens is 274 g/mol. The molecule has 0 unspecified atom stereocenters. The molecule has 2 aromatic carbocycles. The highest BCUT2D eigenvalue weighted by atomic mass is 16.2. The van der Waals surface area contributed by atoms with Crippen molar-refractivity contribution in [1.29, 1.82) is 0 Å². The smallest absolute Gasteiger partial charge is 0.250 e. The van der Waals surface area contributed by atoms with E-state index in [2.05, 4.69) is 18.7 Å². The molecule has 1 fully saturated rings. The first-order chi connectivity index (χ1) is 10.6.